The molecule has 6 nitrogen and oxygen atoms in total. The highest BCUT2D eigenvalue weighted by molar-refractivity contribution is 5.86. The summed E-state index contributed by atoms with van der Waals surface area (Å²) in [6.45, 7) is 1.06. The van der Waals surface area contributed by atoms with Crippen LogP contribution < -0.4 is 4.74 Å². The van der Waals surface area contributed by atoms with E-state index in [1.54, 1.807) is 19.6 Å². The zero-order valence-electron chi connectivity index (χ0n) is 16.5. The molecule has 5 aromatic rings. The maximum absolute atomic E-state index is 5.68. The fraction of sp³-hybridized carbons (Fsp3) is 0.125. The number of ether oxygens (including phenoxy) is 2. The number of hydrogen-bond donors (Lipinski definition) is 0. The topological polar surface area (TPSA) is 62.1 Å². The molecule has 0 atom stereocenters. The van der Waals surface area contributed by atoms with Gasteiger partial charge in [-0.2, -0.15) is 0 Å². The Balaban J connectivity index is 1.47. The molecule has 0 saturated heterocycles. The largest absolute Gasteiger partial charge is 0.491 e. The highest BCUT2D eigenvalue weighted by Crippen LogP contribution is 2.26. The quantitative estimate of drug-likeness (QED) is 0.391. The van der Waals surface area contributed by atoms with Gasteiger partial charge in [0.1, 0.15) is 24.5 Å². The lowest BCUT2D eigenvalue weighted by Gasteiger charge is -2.08. The number of hydrogen-bond acceptors (Lipinski definition) is 5. The van der Waals surface area contributed by atoms with E-state index in [9.17, 15) is 0 Å². The normalized spacial score (nSPS) is 11.2. The molecular weight excluding hydrogens is 376 g/mol. The van der Waals surface area contributed by atoms with Crippen LogP contribution >= 0.6 is 0 Å². The molecule has 0 bridgehead atoms. The summed E-state index contributed by atoms with van der Waals surface area (Å²) in [7, 11) is 1.66. The van der Waals surface area contributed by atoms with Gasteiger partial charge in [-0.3, -0.25) is 9.55 Å². The Hall–Kier alpha value is -3.77. The van der Waals surface area contributed by atoms with E-state index in [-0.39, 0.29) is 0 Å². The van der Waals surface area contributed by atoms with Crippen LogP contribution in [-0.4, -0.2) is 39.8 Å². The molecule has 0 amide bonds. The molecule has 5 rings (SSSR count). The standard InChI is InChI=1S/C24H20N4O2/c1-29-11-12-30-20-6-8-23-22(14-20)26-16-28(23)24-9-5-18-13-17(4-7-21(18)27-24)19-3-2-10-25-15-19/h2-10,13-16H,11-12H2,1H3. The van der Waals surface area contributed by atoms with E-state index in [2.05, 4.69) is 34.2 Å². The summed E-state index contributed by atoms with van der Waals surface area (Å²) in [6.07, 6.45) is 5.44. The molecule has 148 valence electrons. The number of aromatic nitrogens is 4. The second kappa shape index (κ2) is 7.93. The average molecular weight is 396 g/mol. The van der Waals surface area contributed by atoms with Crippen LogP contribution in [-0.2, 0) is 4.74 Å². The van der Waals surface area contributed by atoms with Gasteiger partial charge in [0.2, 0.25) is 0 Å². The summed E-state index contributed by atoms with van der Waals surface area (Å²) in [5.74, 6) is 1.60. The molecule has 0 radical (unpaired) electrons. The van der Waals surface area contributed by atoms with Gasteiger partial charge in [-0.15, -0.1) is 0 Å². The molecule has 2 aromatic carbocycles. The van der Waals surface area contributed by atoms with Gasteiger partial charge < -0.3 is 9.47 Å². The van der Waals surface area contributed by atoms with E-state index >= 15 is 0 Å². The first kappa shape index (κ1) is 18.3. The fourth-order valence-electron chi connectivity index (χ4n) is 3.47. The highest BCUT2D eigenvalue weighted by atomic mass is 16.5. The van der Waals surface area contributed by atoms with Crippen molar-refractivity contribution >= 4 is 21.9 Å². The Morgan fingerprint density at radius 3 is 2.73 bits per heavy atom. The van der Waals surface area contributed by atoms with Crippen LogP contribution in [0.4, 0.5) is 0 Å². The minimum atomic E-state index is 0.510. The molecular formula is C24H20N4O2. The SMILES string of the molecule is COCCOc1ccc2c(c1)ncn2-c1ccc2cc(-c3cccnc3)ccc2n1. The Kier molecular flexibility index (Phi) is 4.83. The summed E-state index contributed by atoms with van der Waals surface area (Å²) in [6, 6.07) is 20.2. The van der Waals surface area contributed by atoms with Crippen LogP contribution in [0.5, 0.6) is 5.75 Å². The van der Waals surface area contributed by atoms with Crippen molar-refractivity contribution in [1.29, 1.82) is 0 Å². The lowest BCUT2D eigenvalue weighted by atomic mass is 10.1. The molecule has 3 heterocycles. The lowest BCUT2D eigenvalue weighted by molar-refractivity contribution is 0.146. The molecule has 0 saturated carbocycles. The zero-order valence-corrected chi connectivity index (χ0v) is 16.5. The molecule has 3 aromatic heterocycles. The summed E-state index contributed by atoms with van der Waals surface area (Å²) < 4.78 is 12.7. The Labute approximate surface area is 173 Å². The minimum Gasteiger partial charge on any atom is -0.491 e. The van der Waals surface area contributed by atoms with E-state index in [4.69, 9.17) is 14.5 Å². The number of benzene rings is 2. The molecule has 0 spiro atoms. The summed E-state index contributed by atoms with van der Waals surface area (Å²) in [5.41, 5.74) is 4.99. The van der Waals surface area contributed by atoms with Gasteiger partial charge in [-0.25, -0.2) is 9.97 Å². The first-order valence-corrected chi connectivity index (χ1v) is 9.72. The van der Waals surface area contributed by atoms with Crippen molar-refractivity contribution in [2.24, 2.45) is 0 Å². The minimum absolute atomic E-state index is 0.510. The number of imidazole rings is 1. The maximum atomic E-state index is 5.68. The van der Waals surface area contributed by atoms with Crippen molar-refractivity contribution in [2.45, 2.75) is 0 Å². The lowest BCUT2D eigenvalue weighted by Crippen LogP contribution is -2.04. The van der Waals surface area contributed by atoms with Crippen LogP contribution in [0, 0.1) is 0 Å². The Morgan fingerprint density at radius 2 is 1.87 bits per heavy atom. The third kappa shape index (κ3) is 3.49. The number of pyridine rings is 2. The Bertz CT molecular complexity index is 1320. The van der Waals surface area contributed by atoms with Crippen LogP contribution in [0.1, 0.15) is 0 Å². The fourth-order valence-corrected chi connectivity index (χ4v) is 3.47. The van der Waals surface area contributed by atoms with Gasteiger partial charge in [0.15, 0.2) is 0 Å². The van der Waals surface area contributed by atoms with Crippen molar-refractivity contribution in [2.75, 3.05) is 20.3 Å². The van der Waals surface area contributed by atoms with Crippen molar-refractivity contribution in [3.05, 3.63) is 79.4 Å². The van der Waals surface area contributed by atoms with E-state index < -0.39 is 0 Å². The summed E-state index contributed by atoms with van der Waals surface area (Å²) >= 11 is 0. The second-order valence-electron chi connectivity index (χ2n) is 6.92. The van der Waals surface area contributed by atoms with Crippen molar-refractivity contribution in [1.82, 2.24) is 19.5 Å². The average Bonchev–Trinajstić information content (AvgIpc) is 3.22. The number of fused-ring (bicyclic) bond motifs is 2. The third-order valence-corrected chi connectivity index (χ3v) is 4.99. The van der Waals surface area contributed by atoms with Gasteiger partial charge in [0.05, 0.1) is 23.2 Å². The smallest absolute Gasteiger partial charge is 0.139 e. The van der Waals surface area contributed by atoms with Crippen molar-refractivity contribution in [3.63, 3.8) is 0 Å². The molecule has 0 aliphatic rings. The van der Waals surface area contributed by atoms with Gasteiger partial charge in [0, 0.05) is 36.5 Å². The van der Waals surface area contributed by atoms with Crippen LogP contribution in [0.25, 0.3) is 38.9 Å². The van der Waals surface area contributed by atoms with Crippen LogP contribution in [0.3, 0.4) is 0 Å². The van der Waals surface area contributed by atoms with Gasteiger partial charge in [-0.05, 0) is 48.0 Å². The van der Waals surface area contributed by atoms with E-state index in [0.29, 0.717) is 13.2 Å². The number of rotatable bonds is 6. The molecule has 6 heteroatoms. The molecule has 30 heavy (non-hydrogen) atoms. The predicted molar refractivity (Wildman–Crippen MR) is 117 cm³/mol. The predicted octanol–water partition coefficient (Wildman–Crippen LogP) is 4.66. The van der Waals surface area contributed by atoms with E-state index in [1.807, 2.05) is 47.2 Å². The van der Waals surface area contributed by atoms with Gasteiger partial charge in [0.25, 0.3) is 0 Å². The number of nitrogens with zero attached hydrogens (tertiary/aromatic N) is 4. The first-order chi connectivity index (χ1) is 14.8. The second-order valence-corrected chi connectivity index (χ2v) is 6.92. The first-order valence-electron chi connectivity index (χ1n) is 9.72. The van der Waals surface area contributed by atoms with Crippen LogP contribution in [0.2, 0.25) is 0 Å². The van der Waals surface area contributed by atoms with Crippen molar-refractivity contribution in [3.8, 4) is 22.7 Å². The van der Waals surface area contributed by atoms with Gasteiger partial charge in [-0.1, -0.05) is 12.1 Å². The van der Waals surface area contributed by atoms with Crippen molar-refractivity contribution < 1.29 is 9.47 Å². The highest BCUT2D eigenvalue weighted by Gasteiger charge is 2.09. The molecule has 0 N–H and O–H groups in total. The molecule has 0 aliphatic carbocycles. The third-order valence-electron chi connectivity index (χ3n) is 4.99. The van der Waals surface area contributed by atoms with E-state index in [0.717, 1.165) is 44.6 Å². The Morgan fingerprint density at radius 1 is 0.900 bits per heavy atom. The zero-order chi connectivity index (χ0) is 20.3. The van der Waals surface area contributed by atoms with E-state index in [1.165, 1.54) is 0 Å². The summed E-state index contributed by atoms with van der Waals surface area (Å²) in [4.78, 5) is 13.6. The van der Waals surface area contributed by atoms with Gasteiger partial charge >= 0.3 is 0 Å². The summed E-state index contributed by atoms with van der Waals surface area (Å²) in [5, 5.41) is 1.08. The molecule has 0 aliphatic heterocycles. The monoisotopic (exact) mass is 396 g/mol. The maximum Gasteiger partial charge on any atom is 0.139 e. The molecule has 0 fully saturated rings. The number of methoxy groups -OCH3 is 1. The molecule has 0 unspecified atom stereocenters. The van der Waals surface area contributed by atoms with Crippen LogP contribution in [0.15, 0.2) is 79.4 Å².